The third-order valence-electron chi connectivity index (χ3n) is 3.61. The molecule has 124 valence electrons. The first-order chi connectivity index (χ1) is 11.0. The predicted octanol–water partition coefficient (Wildman–Crippen LogP) is 1.57. The van der Waals surface area contributed by atoms with Crippen LogP contribution in [0.4, 0.5) is 10.1 Å². The zero-order valence-electron chi connectivity index (χ0n) is 12.9. The van der Waals surface area contributed by atoms with Gasteiger partial charge in [-0.15, -0.1) is 0 Å². The monoisotopic (exact) mass is 322 g/mol. The Hall–Kier alpha value is -2.44. The van der Waals surface area contributed by atoms with E-state index in [1.165, 1.54) is 23.1 Å². The van der Waals surface area contributed by atoms with E-state index in [1.54, 1.807) is 6.92 Å². The van der Waals surface area contributed by atoms with Crippen molar-refractivity contribution in [2.24, 2.45) is 5.92 Å². The largest absolute Gasteiger partial charge is 0.466 e. The van der Waals surface area contributed by atoms with Gasteiger partial charge in [0.25, 0.3) is 0 Å². The molecule has 6 nitrogen and oxygen atoms in total. The third-order valence-corrected chi connectivity index (χ3v) is 3.61. The van der Waals surface area contributed by atoms with Crippen LogP contribution in [0.5, 0.6) is 0 Å². The summed E-state index contributed by atoms with van der Waals surface area (Å²) in [6.07, 6.45) is 1.26. The molecule has 0 aromatic heterocycles. The number of nitrogens with one attached hydrogen (secondary N) is 1. The first kappa shape index (κ1) is 16.9. The molecular formula is C16H19FN2O4. The van der Waals surface area contributed by atoms with E-state index < -0.39 is 23.5 Å². The number of anilines is 1. The van der Waals surface area contributed by atoms with Gasteiger partial charge in [0.15, 0.2) is 0 Å². The molecule has 1 unspecified atom stereocenters. The van der Waals surface area contributed by atoms with Crippen molar-refractivity contribution >= 4 is 23.5 Å². The summed E-state index contributed by atoms with van der Waals surface area (Å²) >= 11 is 0. The van der Waals surface area contributed by atoms with E-state index >= 15 is 0 Å². The Labute approximate surface area is 133 Å². The second-order valence-corrected chi connectivity index (χ2v) is 5.31. The van der Waals surface area contributed by atoms with Crippen LogP contribution in [-0.2, 0) is 19.1 Å². The van der Waals surface area contributed by atoms with Gasteiger partial charge in [-0.05, 0) is 38.0 Å². The number of benzene rings is 1. The number of halogens is 1. The highest BCUT2D eigenvalue weighted by molar-refractivity contribution is 6.39. The SMILES string of the molecule is CCOC(=O)C1CCCN(C(=O)C(=O)Nc2cccc(F)c2)C1. The number of rotatable bonds is 3. The Balaban J connectivity index is 1.96. The molecule has 1 saturated heterocycles. The molecule has 1 heterocycles. The Morgan fingerprint density at radius 3 is 2.87 bits per heavy atom. The van der Waals surface area contributed by atoms with E-state index in [2.05, 4.69) is 5.32 Å². The van der Waals surface area contributed by atoms with Crippen molar-refractivity contribution in [3.8, 4) is 0 Å². The highest BCUT2D eigenvalue weighted by Gasteiger charge is 2.31. The van der Waals surface area contributed by atoms with Gasteiger partial charge in [0, 0.05) is 18.8 Å². The van der Waals surface area contributed by atoms with Crippen molar-refractivity contribution < 1.29 is 23.5 Å². The Morgan fingerprint density at radius 1 is 1.39 bits per heavy atom. The fraction of sp³-hybridized carbons (Fsp3) is 0.438. The molecule has 0 bridgehead atoms. The van der Waals surface area contributed by atoms with Crippen LogP contribution >= 0.6 is 0 Å². The fourth-order valence-corrected chi connectivity index (χ4v) is 2.51. The van der Waals surface area contributed by atoms with Crippen LogP contribution in [0.3, 0.4) is 0 Å². The summed E-state index contributed by atoms with van der Waals surface area (Å²) in [6, 6.07) is 5.30. The quantitative estimate of drug-likeness (QED) is 0.677. The van der Waals surface area contributed by atoms with E-state index in [1.807, 2.05) is 0 Å². The third kappa shape index (κ3) is 4.51. The van der Waals surface area contributed by atoms with Crippen LogP contribution in [0.1, 0.15) is 19.8 Å². The molecule has 1 aromatic carbocycles. The molecule has 23 heavy (non-hydrogen) atoms. The van der Waals surface area contributed by atoms with Crippen LogP contribution < -0.4 is 5.32 Å². The zero-order valence-corrected chi connectivity index (χ0v) is 12.9. The summed E-state index contributed by atoms with van der Waals surface area (Å²) in [6.45, 7) is 2.57. The highest BCUT2D eigenvalue weighted by atomic mass is 19.1. The van der Waals surface area contributed by atoms with Gasteiger partial charge in [0.2, 0.25) is 0 Å². The molecule has 1 aliphatic rings. The van der Waals surface area contributed by atoms with Gasteiger partial charge in [-0.3, -0.25) is 14.4 Å². The van der Waals surface area contributed by atoms with Gasteiger partial charge in [-0.25, -0.2) is 4.39 Å². The van der Waals surface area contributed by atoms with Gasteiger partial charge < -0.3 is 15.0 Å². The summed E-state index contributed by atoms with van der Waals surface area (Å²) < 4.78 is 18.0. The minimum Gasteiger partial charge on any atom is -0.466 e. The summed E-state index contributed by atoms with van der Waals surface area (Å²) in [5.74, 6) is -2.84. The molecule has 1 aliphatic heterocycles. The zero-order chi connectivity index (χ0) is 16.8. The highest BCUT2D eigenvalue weighted by Crippen LogP contribution is 2.18. The normalized spacial score (nSPS) is 17.5. The molecule has 7 heteroatoms. The van der Waals surface area contributed by atoms with E-state index in [4.69, 9.17) is 4.74 Å². The van der Waals surface area contributed by atoms with Gasteiger partial charge in [0.05, 0.1) is 12.5 Å². The molecule has 0 spiro atoms. The van der Waals surface area contributed by atoms with Crippen molar-refractivity contribution in [3.05, 3.63) is 30.1 Å². The molecular weight excluding hydrogens is 303 g/mol. The molecule has 1 fully saturated rings. The molecule has 0 radical (unpaired) electrons. The topological polar surface area (TPSA) is 75.7 Å². The standard InChI is InChI=1S/C16H19FN2O4/c1-2-23-16(22)11-5-4-8-19(10-11)15(21)14(20)18-13-7-3-6-12(17)9-13/h3,6-7,9,11H,2,4-5,8,10H2,1H3,(H,18,20). The maximum Gasteiger partial charge on any atom is 0.313 e. The number of esters is 1. The molecule has 0 saturated carbocycles. The number of likely N-dealkylation sites (tertiary alicyclic amines) is 1. The number of carbonyl (C=O) groups excluding carboxylic acids is 3. The average molecular weight is 322 g/mol. The van der Waals surface area contributed by atoms with Crippen molar-refractivity contribution in [2.75, 3.05) is 25.0 Å². The number of hydrogen-bond acceptors (Lipinski definition) is 4. The van der Waals surface area contributed by atoms with E-state index in [-0.39, 0.29) is 24.8 Å². The number of ether oxygens (including phenoxy) is 1. The van der Waals surface area contributed by atoms with E-state index in [9.17, 15) is 18.8 Å². The molecule has 1 N–H and O–H groups in total. The summed E-state index contributed by atoms with van der Waals surface area (Å²) in [7, 11) is 0. The molecule has 0 aliphatic carbocycles. The summed E-state index contributed by atoms with van der Waals surface area (Å²) in [5, 5.41) is 2.36. The molecule has 1 aromatic rings. The first-order valence-electron chi connectivity index (χ1n) is 7.53. The van der Waals surface area contributed by atoms with Crippen LogP contribution in [0.25, 0.3) is 0 Å². The number of hydrogen-bond donors (Lipinski definition) is 1. The van der Waals surface area contributed by atoms with E-state index in [0.717, 1.165) is 6.07 Å². The maximum absolute atomic E-state index is 13.1. The number of piperidine rings is 1. The summed E-state index contributed by atoms with van der Waals surface area (Å²) in [5.41, 5.74) is 0.210. The number of nitrogens with zero attached hydrogens (tertiary/aromatic N) is 1. The minimum absolute atomic E-state index is 0.161. The lowest BCUT2D eigenvalue weighted by Crippen LogP contribution is -2.47. The van der Waals surface area contributed by atoms with Crippen LogP contribution in [0.2, 0.25) is 0 Å². The number of amides is 2. The molecule has 2 amide bonds. The second-order valence-electron chi connectivity index (χ2n) is 5.31. The van der Waals surface area contributed by atoms with Crippen molar-refractivity contribution in [1.82, 2.24) is 4.90 Å². The lowest BCUT2D eigenvalue weighted by Gasteiger charge is -2.30. The lowest BCUT2D eigenvalue weighted by molar-refractivity contribution is -0.153. The summed E-state index contributed by atoms with van der Waals surface area (Å²) in [4.78, 5) is 37.3. The molecule has 2 rings (SSSR count). The average Bonchev–Trinajstić information content (AvgIpc) is 2.54. The maximum atomic E-state index is 13.1. The minimum atomic E-state index is -0.847. The van der Waals surface area contributed by atoms with Gasteiger partial charge >= 0.3 is 17.8 Å². The Morgan fingerprint density at radius 2 is 2.17 bits per heavy atom. The Bertz CT molecular complexity index is 605. The fourth-order valence-electron chi connectivity index (χ4n) is 2.51. The van der Waals surface area contributed by atoms with Crippen LogP contribution in [-0.4, -0.2) is 42.4 Å². The van der Waals surface area contributed by atoms with Crippen LogP contribution in [0, 0.1) is 11.7 Å². The smallest absolute Gasteiger partial charge is 0.313 e. The van der Waals surface area contributed by atoms with Gasteiger partial charge in [-0.2, -0.15) is 0 Å². The Kier molecular flexibility index (Phi) is 5.67. The van der Waals surface area contributed by atoms with Crippen LogP contribution in [0.15, 0.2) is 24.3 Å². The lowest BCUT2D eigenvalue weighted by atomic mass is 9.98. The van der Waals surface area contributed by atoms with Gasteiger partial charge in [-0.1, -0.05) is 6.07 Å². The molecule has 1 atom stereocenters. The van der Waals surface area contributed by atoms with Crippen molar-refractivity contribution in [3.63, 3.8) is 0 Å². The first-order valence-corrected chi connectivity index (χ1v) is 7.53. The van der Waals surface area contributed by atoms with Crippen molar-refractivity contribution in [1.29, 1.82) is 0 Å². The predicted molar refractivity (Wildman–Crippen MR) is 81.0 cm³/mol. The number of carbonyl (C=O) groups is 3. The van der Waals surface area contributed by atoms with Crippen molar-refractivity contribution in [2.45, 2.75) is 19.8 Å². The second kappa shape index (κ2) is 7.71. The van der Waals surface area contributed by atoms with E-state index in [0.29, 0.717) is 19.4 Å². The van der Waals surface area contributed by atoms with Gasteiger partial charge in [0.1, 0.15) is 5.82 Å².